The van der Waals surface area contributed by atoms with Gasteiger partial charge in [-0.05, 0) is 85.7 Å². The van der Waals surface area contributed by atoms with E-state index >= 15 is 0 Å². The average Bonchev–Trinajstić information content (AvgIpc) is 3.39. The largest absolute Gasteiger partial charge is 0.466 e. The first-order valence-electron chi connectivity index (χ1n) is 15.2. The van der Waals surface area contributed by atoms with Crippen molar-refractivity contribution >= 4 is 28.6 Å². The summed E-state index contributed by atoms with van der Waals surface area (Å²) in [6, 6.07) is 35.0. The van der Waals surface area contributed by atoms with Crippen LogP contribution in [0.1, 0.15) is 66.4 Å². The summed E-state index contributed by atoms with van der Waals surface area (Å²) in [5.41, 5.74) is 7.73. The number of hydrogen-bond donors (Lipinski definition) is 0. The summed E-state index contributed by atoms with van der Waals surface area (Å²) in [4.78, 5) is 28.2. The van der Waals surface area contributed by atoms with Crippen LogP contribution in [0.3, 0.4) is 0 Å². The van der Waals surface area contributed by atoms with Crippen LogP contribution in [0, 0.1) is 5.92 Å². The number of carbonyl (C=O) groups is 2. The summed E-state index contributed by atoms with van der Waals surface area (Å²) < 4.78 is 7.14. The maximum atomic E-state index is 14.1. The number of anilines is 2. The fourth-order valence-corrected chi connectivity index (χ4v) is 5.60. The molecule has 5 aromatic rings. The van der Waals surface area contributed by atoms with Crippen molar-refractivity contribution in [3.63, 3.8) is 0 Å². The van der Waals surface area contributed by atoms with Crippen LogP contribution >= 0.6 is 0 Å². The monoisotopic (exact) mass is 572 g/mol. The highest BCUT2D eigenvalue weighted by atomic mass is 16.5. The number of pyridine rings is 1. The van der Waals surface area contributed by atoms with Crippen molar-refractivity contribution in [2.75, 3.05) is 11.5 Å². The van der Waals surface area contributed by atoms with Gasteiger partial charge in [0.1, 0.15) is 0 Å². The van der Waals surface area contributed by atoms with Gasteiger partial charge in [-0.3, -0.25) is 9.59 Å². The van der Waals surface area contributed by atoms with E-state index in [0.717, 1.165) is 29.0 Å². The first-order chi connectivity index (χ1) is 20.9. The van der Waals surface area contributed by atoms with Crippen LogP contribution in [-0.2, 0) is 28.9 Å². The van der Waals surface area contributed by atoms with Gasteiger partial charge in [-0.2, -0.15) is 0 Å². The van der Waals surface area contributed by atoms with E-state index in [9.17, 15) is 9.59 Å². The first-order valence-corrected chi connectivity index (χ1v) is 15.2. The lowest BCUT2D eigenvalue weighted by atomic mass is 10.0. The van der Waals surface area contributed by atoms with E-state index in [1.165, 1.54) is 11.1 Å². The Kier molecular flexibility index (Phi) is 9.73. The Balaban J connectivity index is 1.45. The number of aryl methyl sites for hydroxylation is 1. The fraction of sp³-hybridized carbons (Fsp3) is 0.263. The van der Waals surface area contributed by atoms with Gasteiger partial charge < -0.3 is 14.0 Å². The third-order valence-electron chi connectivity index (χ3n) is 7.62. The molecule has 2 heterocycles. The number of rotatable bonds is 13. The molecule has 5 nitrogen and oxygen atoms in total. The Morgan fingerprint density at radius 1 is 0.814 bits per heavy atom. The van der Waals surface area contributed by atoms with Gasteiger partial charge in [-0.15, -0.1) is 0 Å². The van der Waals surface area contributed by atoms with Crippen molar-refractivity contribution in [1.29, 1.82) is 0 Å². The lowest BCUT2D eigenvalue weighted by Crippen LogP contribution is -2.17. The van der Waals surface area contributed by atoms with Gasteiger partial charge in [-0.1, -0.05) is 74.5 Å². The van der Waals surface area contributed by atoms with Crippen molar-refractivity contribution in [3.05, 3.63) is 137 Å². The third-order valence-corrected chi connectivity index (χ3v) is 7.62. The molecule has 0 aliphatic heterocycles. The normalized spacial score (nSPS) is 11.2. The molecular weight excluding hydrogens is 532 g/mol. The van der Waals surface area contributed by atoms with Crippen molar-refractivity contribution in [1.82, 2.24) is 4.40 Å². The highest BCUT2D eigenvalue weighted by Gasteiger charge is 2.19. The molecule has 5 heteroatoms. The minimum Gasteiger partial charge on any atom is -0.466 e. The molecule has 43 heavy (non-hydrogen) atoms. The smallest absolute Gasteiger partial charge is 0.305 e. The summed E-state index contributed by atoms with van der Waals surface area (Å²) in [5, 5.41) is 0. The Morgan fingerprint density at radius 2 is 1.58 bits per heavy atom. The van der Waals surface area contributed by atoms with Crippen molar-refractivity contribution < 1.29 is 14.3 Å². The topological polar surface area (TPSA) is 51.0 Å². The Hall–Kier alpha value is -4.64. The predicted molar refractivity (Wildman–Crippen MR) is 174 cm³/mol. The standard InChI is InChI=1S/C38H40N2O3/c1-4-43-37(41)18-11-16-34-26-35(36-17-8-9-23-39(34)36)38(42)31-14-10-15-33(25-31)40(27-30-12-6-5-7-13-30)32-21-19-29(20-22-32)24-28(2)3/h5-10,12-15,17,19-23,25-26,28H,4,11,16,18,24,27H2,1-3H3. The molecule has 5 rings (SSSR count). The van der Waals surface area contributed by atoms with E-state index in [2.05, 4.69) is 77.7 Å². The van der Waals surface area contributed by atoms with E-state index < -0.39 is 0 Å². The lowest BCUT2D eigenvalue weighted by molar-refractivity contribution is -0.143. The lowest BCUT2D eigenvalue weighted by Gasteiger charge is -2.26. The van der Waals surface area contributed by atoms with E-state index in [1.807, 2.05) is 61.7 Å². The van der Waals surface area contributed by atoms with Gasteiger partial charge in [0.25, 0.3) is 0 Å². The van der Waals surface area contributed by atoms with E-state index in [1.54, 1.807) is 0 Å². The zero-order valence-corrected chi connectivity index (χ0v) is 25.3. The maximum absolute atomic E-state index is 14.1. The molecule has 0 N–H and O–H groups in total. The third kappa shape index (κ3) is 7.42. The number of benzene rings is 3. The van der Waals surface area contributed by atoms with Crippen LogP contribution < -0.4 is 4.90 Å². The number of nitrogens with zero attached hydrogens (tertiary/aromatic N) is 2. The molecule has 0 unspecified atom stereocenters. The SMILES string of the molecule is CCOC(=O)CCCc1cc(C(=O)c2cccc(N(Cc3ccccc3)c3ccc(CC(C)C)cc3)c2)c2ccccn12. The summed E-state index contributed by atoms with van der Waals surface area (Å²) >= 11 is 0. The number of aromatic nitrogens is 1. The molecule has 0 fully saturated rings. The summed E-state index contributed by atoms with van der Waals surface area (Å²) in [6.07, 6.45) is 4.71. The fourth-order valence-electron chi connectivity index (χ4n) is 5.60. The quantitative estimate of drug-likeness (QED) is 0.105. The molecule has 220 valence electrons. The molecular formula is C38H40N2O3. The van der Waals surface area contributed by atoms with Crippen molar-refractivity contribution in [3.8, 4) is 0 Å². The van der Waals surface area contributed by atoms with Crippen LogP contribution in [0.25, 0.3) is 5.52 Å². The number of ether oxygens (including phenoxy) is 1. The molecule has 0 aliphatic carbocycles. The van der Waals surface area contributed by atoms with Gasteiger partial charge in [0.2, 0.25) is 0 Å². The summed E-state index contributed by atoms with van der Waals surface area (Å²) in [6.45, 7) is 7.35. The Morgan fingerprint density at radius 3 is 2.33 bits per heavy atom. The van der Waals surface area contributed by atoms with E-state index in [-0.39, 0.29) is 11.8 Å². The minimum absolute atomic E-state index is 0.0193. The number of ketones is 1. The van der Waals surface area contributed by atoms with Gasteiger partial charge in [0.15, 0.2) is 5.78 Å². The van der Waals surface area contributed by atoms with Crippen LogP contribution in [0.15, 0.2) is 109 Å². The van der Waals surface area contributed by atoms with Crippen LogP contribution in [-0.4, -0.2) is 22.8 Å². The zero-order valence-electron chi connectivity index (χ0n) is 25.3. The highest BCUT2D eigenvalue weighted by Crippen LogP contribution is 2.30. The summed E-state index contributed by atoms with van der Waals surface area (Å²) in [5.74, 6) is 0.387. The molecule has 0 saturated carbocycles. The molecule has 0 amide bonds. The molecule has 0 saturated heterocycles. The molecule has 3 aromatic carbocycles. The highest BCUT2D eigenvalue weighted by molar-refractivity contribution is 6.14. The second-order valence-corrected chi connectivity index (χ2v) is 11.4. The number of carbonyl (C=O) groups excluding carboxylic acids is 2. The predicted octanol–water partition coefficient (Wildman–Crippen LogP) is 8.59. The molecule has 0 radical (unpaired) electrons. The summed E-state index contributed by atoms with van der Waals surface area (Å²) in [7, 11) is 0. The minimum atomic E-state index is -0.189. The molecule has 0 bridgehead atoms. The maximum Gasteiger partial charge on any atom is 0.305 e. The molecule has 0 aliphatic rings. The van der Waals surface area contributed by atoms with Gasteiger partial charge in [0.05, 0.1) is 12.1 Å². The van der Waals surface area contributed by atoms with Gasteiger partial charge >= 0.3 is 5.97 Å². The second kappa shape index (κ2) is 14.0. The molecule has 0 atom stereocenters. The second-order valence-electron chi connectivity index (χ2n) is 11.4. The van der Waals surface area contributed by atoms with E-state index in [4.69, 9.17) is 4.74 Å². The van der Waals surface area contributed by atoms with Crippen molar-refractivity contribution in [2.24, 2.45) is 5.92 Å². The average molecular weight is 573 g/mol. The van der Waals surface area contributed by atoms with Crippen LogP contribution in [0.5, 0.6) is 0 Å². The number of fused-ring (bicyclic) bond motifs is 1. The first kappa shape index (κ1) is 29.8. The molecule has 0 spiro atoms. The zero-order chi connectivity index (χ0) is 30.2. The molecule has 2 aromatic heterocycles. The number of hydrogen-bond acceptors (Lipinski definition) is 4. The van der Waals surface area contributed by atoms with Crippen LogP contribution in [0.4, 0.5) is 11.4 Å². The van der Waals surface area contributed by atoms with E-state index in [0.29, 0.717) is 49.5 Å². The van der Waals surface area contributed by atoms with Crippen LogP contribution in [0.2, 0.25) is 0 Å². The van der Waals surface area contributed by atoms with Gasteiger partial charge in [0, 0.05) is 47.4 Å². The number of esters is 1. The Bertz CT molecular complexity index is 1670. The van der Waals surface area contributed by atoms with Crippen molar-refractivity contribution in [2.45, 2.75) is 53.0 Å². The Labute approximate surface area is 254 Å². The van der Waals surface area contributed by atoms with Gasteiger partial charge in [-0.25, -0.2) is 0 Å².